The van der Waals surface area contributed by atoms with E-state index in [2.05, 4.69) is 9.97 Å². The van der Waals surface area contributed by atoms with Crippen LogP contribution >= 0.6 is 11.3 Å². The van der Waals surface area contributed by atoms with Gasteiger partial charge in [-0.2, -0.15) is 0 Å². The van der Waals surface area contributed by atoms with Gasteiger partial charge in [0.2, 0.25) is 0 Å². The van der Waals surface area contributed by atoms with E-state index in [-0.39, 0.29) is 12.1 Å². The van der Waals surface area contributed by atoms with Gasteiger partial charge in [0, 0.05) is 18.5 Å². The Morgan fingerprint density at radius 1 is 1.14 bits per heavy atom. The van der Waals surface area contributed by atoms with Gasteiger partial charge in [0.05, 0.1) is 22.3 Å². The van der Waals surface area contributed by atoms with Crippen molar-refractivity contribution in [2.75, 3.05) is 4.90 Å². The van der Waals surface area contributed by atoms with Crippen LogP contribution in [-0.2, 0) is 6.54 Å². The van der Waals surface area contributed by atoms with Crippen molar-refractivity contribution in [2.24, 2.45) is 0 Å². The van der Waals surface area contributed by atoms with E-state index >= 15 is 0 Å². The van der Waals surface area contributed by atoms with Crippen LogP contribution in [0.1, 0.15) is 27.0 Å². The topological polar surface area (TPSA) is 46.1 Å². The molecule has 0 radical (unpaired) electrons. The third-order valence-corrected chi connectivity index (χ3v) is 5.82. The summed E-state index contributed by atoms with van der Waals surface area (Å²) >= 11 is 1.36. The first-order valence-corrected chi connectivity index (χ1v) is 9.78. The van der Waals surface area contributed by atoms with Gasteiger partial charge in [-0.25, -0.2) is 13.8 Å². The smallest absolute Gasteiger partial charge is 0.263 e. The number of rotatable bonds is 4. The molecule has 2 aromatic heterocycles. The molecule has 0 aliphatic carbocycles. The molecule has 146 valence electrons. The number of pyridine rings is 1. The molecular formula is C22H17F2N3OS. The minimum atomic E-state index is -0.903. The van der Waals surface area contributed by atoms with Crippen molar-refractivity contribution in [3.05, 3.63) is 88.7 Å². The fourth-order valence-corrected chi connectivity index (χ4v) is 4.06. The fourth-order valence-electron chi connectivity index (χ4n) is 3.04. The molecule has 4 aromatic rings. The van der Waals surface area contributed by atoms with Gasteiger partial charge in [0.15, 0.2) is 5.13 Å². The quantitative estimate of drug-likeness (QED) is 0.451. The number of thiazole rings is 1. The van der Waals surface area contributed by atoms with Gasteiger partial charge in [-0.15, -0.1) is 0 Å². The van der Waals surface area contributed by atoms with E-state index in [0.717, 1.165) is 39.0 Å². The predicted octanol–water partition coefficient (Wildman–Crippen LogP) is 5.43. The number of aryl methyl sites for hydroxylation is 2. The van der Waals surface area contributed by atoms with Crippen molar-refractivity contribution in [1.29, 1.82) is 0 Å². The second kappa shape index (κ2) is 7.67. The van der Waals surface area contributed by atoms with Crippen LogP contribution in [0.2, 0.25) is 0 Å². The standard InChI is InChI=1S/C22H17F2N3OS/c1-13-5-8-19-20(14(13)2)26-22(29-19)27(12-15-4-3-9-25-11-15)21(28)17-7-6-16(23)10-18(17)24/h3-11H,12H2,1-2H3. The van der Waals surface area contributed by atoms with Gasteiger partial charge in [-0.1, -0.05) is 23.5 Å². The van der Waals surface area contributed by atoms with Crippen LogP contribution < -0.4 is 4.90 Å². The molecule has 0 aliphatic rings. The number of nitrogens with zero attached hydrogens (tertiary/aromatic N) is 3. The van der Waals surface area contributed by atoms with Crippen molar-refractivity contribution >= 4 is 32.6 Å². The number of carbonyl (C=O) groups is 1. The van der Waals surface area contributed by atoms with Crippen LogP contribution in [0.4, 0.5) is 13.9 Å². The lowest BCUT2D eigenvalue weighted by molar-refractivity contribution is 0.0981. The molecule has 0 saturated heterocycles. The van der Waals surface area contributed by atoms with Gasteiger partial charge in [0.1, 0.15) is 11.6 Å². The highest BCUT2D eigenvalue weighted by molar-refractivity contribution is 7.22. The van der Waals surface area contributed by atoms with Crippen molar-refractivity contribution < 1.29 is 13.6 Å². The molecule has 0 unspecified atom stereocenters. The normalized spacial score (nSPS) is 11.0. The molecule has 2 heterocycles. The highest BCUT2D eigenvalue weighted by atomic mass is 32.1. The van der Waals surface area contributed by atoms with Gasteiger partial charge in [-0.05, 0) is 54.8 Å². The van der Waals surface area contributed by atoms with Crippen LogP contribution in [-0.4, -0.2) is 15.9 Å². The Morgan fingerprint density at radius 3 is 2.69 bits per heavy atom. The number of hydrogen-bond donors (Lipinski definition) is 0. The lowest BCUT2D eigenvalue weighted by atomic mass is 10.1. The van der Waals surface area contributed by atoms with E-state index in [1.807, 2.05) is 32.0 Å². The Morgan fingerprint density at radius 2 is 1.97 bits per heavy atom. The third kappa shape index (κ3) is 3.73. The minimum Gasteiger partial charge on any atom is -0.279 e. The fraction of sp³-hybridized carbons (Fsp3) is 0.136. The molecule has 0 aliphatic heterocycles. The summed E-state index contributed by atoms with van der Waals surface area (Å²) in [6.07, 6.45) is 3.28. The second-order valence-electron chi connectivity index (χ2n) is 6.73. The zero-order valence-corrected chi connectivity index (χ0v) is 16.6. The molecular weight excluding hydrogens is 392 g/mol. The Labute approximate surface area is 170 Å². The predicted molar refractivity (Wildman–Crippen MR) is 110 cm³/mol. The average molecular weight is 409 g/mol. The van der Waals surface area contributed by atoms with Crippen LogP contribution in [0.3, 0.4) is 0 Å². The first-order chi connectivity index (χ1) is 13.9. The van der Waals surface area contributed by atoms with E-state index in [4.69, 9.17) is 0 Å². The molecule has 4 rings (SSSR count). The molecule has 4 nitrogen and oxygen atoms in total. The molecule has 0 saturated carbocycles. The molecule has 0 N–H and O–H groups in total. The summed E-state index contributed by atoms with van der Waals surface area (Å²) in [5.74, 6) is -2.22. The van der Waals surface area contributed by atoms with Gasteiger partial charge in [0.25, 0.3) is 5.91 Å². The number of hydrogen-bond acceptors (Lipinski definition) is 4. The maximum atomic E-state index is 14.3. The summed E-state index contributed by atoms with van der Waals surface area (Å²) in [6, 6.07) is 10.5. The zero-order chi connectivity index (χ0) is 20.5. The molecule has 0 fully saturated rings. The number of fused-ring (bicyclic) bond motifs is 1. The van der Waals surface area contributed by atoms with E-state index in [1.165, 1.54) is 16.2 Å². The third-order valence-electron chi connectivity index (χ3n) is 4.77. The summed E-state index contributed by atoms with van der Waals surface area (Å²) in [4.78, 5) is 23.4. The number of benzene rings is 2. The molecule has 0 bridgehead atoms. The van der Waals surface area contributed by atoms with E-state index < -0.39 is 17.5 Å². The van der Waals surface area contributed by atoms with Crippen molar-refractivity contribution in [2.45, 2.75) is 20.4 Å². The minimum absolute atomic E-state index is 0.168. The Hall–Kier alpha value is -3.19. The molecule has 1 amide bonds. The Balaban J connectivity index is 1.82. The van der Waals surface area contributed by atoms with Gasteiger partial charge >= 0.3 is 0 Å². The van der Waals surface area contributed by atoms with Gasteiger partial charge in [-0.3, -0.25) is 14.7 Å². The molecule has 7 heteroatoms. The summed E-state index contributed by atoms with van der Waals surface area (Å²) in [7, 11) is 0. The number of anilines is 1. The summed E-state index contributed by atoms with van der Waals surface area (Å²) in [5.41, 5.74) is 3.52. The summed E-state index contributed by atoms with van der Waals surface area (Å²) in [6.45, 7) is 4.15. The number of carbonyl (C=O) groups excluding carboxylic acids is 1. The first kappa shape index (κ1) is 19.1. The number of amides is 1. The van der Waals surface area contributed by atoms with Crippen molar-refractivity contribution in [3.63, 3.8) is 0 Å². The van der Waals surface area contributed by atoms with Crippen molar-refractivity contribution in [1.82, 2.24) is 9.97 Å². The second-order valence-corrected chi connectivity index (χ2v) is 7.74. The SMILES string of the molecule is Cc1ccc2sc(N(Cc3cccnc3)C(=O)c3ccc(F)cc3F)nc2c1C. The molecule has 2 aromatic carbocycles. The van der Waals surface area contributed by atoms with E-state index in [9.17, 15) is 13.6 Å². The first-order valence-electron chi connectivity index (χ1n) is 8.96. The highest BCUT2D eigenvalue weighted by Gasteiger charge is 2.25. The molecule has 29 heavy (non-hydrogen) atoms. The van der Waals surface area contributed by atoms with Crippen LogP contribution in [0.15, 0.2) is 54.9 Å². The highest BCUT2D eigenvalue weighted by Crippen LogP contribution is 2.33. The number of halogens is 2. The zero-order valence-electron chi connectivity index (χ0n) is 15.8. The van der Waals surface area contributed by atoms with E-state index in [0.29, 0.717) is 11.2 Å². The number of aromatic nitrogens is 2. The van der Waals surface area contributed by atoms with Crippen LogP contribution in [0.25, 0.3) is 10.2 Å². The monoisotopic (exact) mass is 409 g/mol. The van der Waals surface area contributed by atoms with Crippen LogP contribution in [0.5, 0.6) is 0 Å². The molecule has 0 spiro atoms. The Bertz CT molecular complexity index is 1210. The average Bonchev–Trinajstić information content (AvgIpc) is 3.14. The Kier molecular flexibility index (Phi) is 5.07. The summed E-state index contributed by atoms with van der Waals surface area (Å²) < 4.78 is 28.6. The lowest BCUT2D eigenvalue weighted by Crippen LogP contribution is -2.31. The summed E-state index contributed by atoms with van der Waals surface area (Å²) in [5, 5.41) is 0.450. The van der Waals surface area contributed by atoms with Gasteiger partial charge < -0.3 is 0 Å². The van der Waals surface area contributed by atoms with Crippen molar-refractivity contribution in [3.8, 4) is 0 Å². The van der Waals surface area contributed by atoms with Crippen LogP contribution in [0, 0.1) is 25.5 Å². The maximum Gasteiger partial charge on any atom is 0.263 e. The van der Waals surface area contributed by atoms with E-state index in [1.54, 1.807) is 18.5 Å². The maximum absolute atomic E-state index is 14.3. The molecule has 0 atom stereocenters. The lowest BCUT2D eigenvalue weighted by Gasteiger charge is -2.20. The largest absolute Gasteiger partial charge is 0.279 e.